The molecule has 1 saturated carbocycles. The minimum atomic E-state index is -0.501. The molecule has 0 heterocycles. The average Bonchev–Trinajstić information content (AvgIpc) is 2.57. The van der Waals surface area contributed by atoms with E-state index in [1.807, 2.05) is 0 Å². The number of hydrogen-bond acceptors (Lipinski definition) is 1. The molecule has 0 aromatic heterocycles. The van der Waals surface area contributed by atoms with Crippen molar-refractivity contribution >= 4 is 0 Å². The maximum absolute atomic E-state index is 9.28. The number of aliphatic hydroxyl groups is 1. The SMILES string of the molecule is C=CC[C@@H](O)C#CCC1CCCC1. The molecule has 1 N–H and O–H groups in total. The van der Waals surface area contributed by atoms with Gasteiger partial charge >= 0.3 is 0 Å². The van der Waals surface area contributed by atoms with Crippen LogP contribution in [0, 0.1) is 17.8 Å². The molecule has 1 rings (SSSR count). The molecule has 0 spiro atoms. The molecule has 0 aromatic rings. The second-order valence-electron chi connectivity index (χ2n) is 3.72. The van der Waals surface area contributed by atoms with Crippen LogP contribution >= 0.6 is 0 Å². The Morgan fingerprint density at radius 3 is 2.77 bits per heavy atom. The van der Waals surface area contributed by atoms with Crippen LogP contribution < -0.4 is 0 Å². The van der Waals surface area contributed by atoms with Crippen LogP contribution in [-0.2, 0) is 0 Å². The van der Waals surface area contributed by atoms with Gasteiger partial charge < -0.3 is 5.11 Å². The smallest absolute Gasteiger partial charge is 0.118 e. The molecular weight excluding hydrogens is 160 g/mol. The summed E-state index contributed by atoms with van der Waals surface area (Å²) in [5.41, 5.74) is 0. The summed E-state index contributed by atoms with van der Waals surface area (Å²) in [6, 6.07) is 0. The molecule has 0 bridgehead atoms. The summed E-state index contributed by atoms with van der Waals surface area (Å²) >= 11 is 0. The summed E-state index contributed by atoms with van der Waals surface area (Å²) in [6.07, 6.45) is 8.13. The zero-order valence-electron chi connectivity index (χ0n) is 8.13. The molecule has 1 heteroatoms. The minimum absolute atomic E-state index is 0.501. The molecule has 1 fully saturated rings. The van der Waals surface area contributed by atoms with Crippen LogP contribution in [0.3, 0.4) is 0 Å². The molecule has 1 aliphatic rings. The predicted octanol–water partition coefficient (Wildman–Crippen LogP) is 2.51. The molecule has 0 radical (unpaired) electrons. The van der Waals surface area contributed by atoms with Crippen LogP contribution in [0.25, 0.3) is 0 Å². The van der Waals surface area contributed by atoms with Gasteiger partial charge in [0.2, 0.25) is 0 Å². The second-order valence-corrected chi connectivity index (χ2v) is 3.72. The van der Waals surface area contributed by atoms with Crippen LogP contribution in [0.1, 0.15) is 38.5 Å². The normalized spacial score (nSPS) is 19.2. The molecule has 0 unspecified atom stereocenters. The first-order valence-electron chi connectivity index (χ1n) is 5.10. The van der Waals surface area contributed by atoms with E-state index in [0.717, 1.165) is 12.3 Å². The topological polar surface area (TPSA) is 20.2 Å². The van der Waals surface area contributed by atoms with Crippen molar-refractivity contribution in [1.82, 2.24) is 0 Å². The van der Waals surface area contributed by atoms with Gasteiger partial charge in [-0.25, -0.2) is 0 Å². The lowest BCUT2D eigenvalue weighted by atomic mass is 10.0. The van der Waals surface area contributed by atoms with Gasteiger partial charge in [0.15, 0.2) is 0 Å². The Balaban J connectivity index is 2.18. The lowest BCUT2D eigenvalue weighted by molar-refractivity contribution is 0.236. The molecule has 0 aliphatic heterocycles. The van der Waals surface area contributed by atoms with Gasteiger partial charge in [0.05, 0.1) is 0 Å². The van der Waals surface area contributed by atoms with Gasteiger partial charge in [-0.1, -0.05) is 24.8 Å². The first-order valence-corrected chi connectivity index (χ1v) is 5.10. The quantitative estimate of drug-likeness (QED) is 0.520. The Hall–Kier alpha value is -0.740. The first-order chi connectivity index (χ1) is 6.33. The average molecular weight is 178 g/mol. The lowest BCUT2D eigenvalue weighted by Crippen LogP contribution is -2.00. The highest BCUT2D eigenvalue weighted by atomic mass is 16.3. The van der Waals surface area contributed by atoms with Crippen molar-refractivity contribution in [3.63, 3.8) is 0 Å². The maximum atomic E-state index is 9.28. The highest BCUT2D eigenvalue weighted by Crippen LogP contribution is 2.26. The fourth-order valence-corrected chi connectivity index (χ4v) is 1.75. The number of hydrogen-bond donors (Lipinski definition) is 1. The van der Waals surface area contributed by atoms with E-state index in [2.05, 4.69) is 18.4 Å². The van der Waals surface area contributed by atoms with E-state index in [9.17, 15) is 5.11 Å². The molecule has 0 amide bonds. The summed E-state index contributed by atoms with van der Waals surface area (Å²) in [4.78, 5) is 0. The summed E-state index contributed by atoms with van der Waals surface area (Å²) in [5.74, 6) is 6.70. The van der Waals surface area contributed by atoms with Crippen LogP contribution in [0.4, 0.5) is 0 Å². The van der Waals surface area contributed by atoms with Crippen molar-refractivity contribution in [2.75, 3.05) is 0 Å². The van der Waals surface area contributed by atoms with Gasteiger partial charge in [0.25, 0.3) is 0 Å². The third-order valence-corrected chi connectivity index (χ3v) is 2.52. The molecule has 0 saturated heterocycles. The molecule has 13 heavy (non-hydrogen) atoms. The van der Waals surface area contributed by atoms with Crippen molar-refractivity contribution in [1.29, 1.82) is 0 Å². The zero-order chi connectivity index (χ0) is 9.52. The third kappa shape index (κ3) is 4.15. The van der Waals surface area contributed by atoms with E-state index >= 15 is 0 Å². The summed E-state index contributed by atoms with van der Waals surface area (Å²) in [6.45, 7) is 3.56. The molecule has 72 valence electrons. The monoisotopic (exact) mass is 178 g/mol. The van der Waals surface area contributed by atoms with E-state index in [-0.39, 0.29) is 0 Å². The van der Waals surface area contributed by atoms with E-state index in [1.54, 1.807) is 6.08 Å². The van der Waals surface area contributed by atoms with Crippen LogP contribution in [0.2, 0.25) is 0 Å². The van der Waals surface area contributed by atoms with Gasteiger partial charge in [0, 0.05) is 12.8 Å². The van der Waals surface area contributed by atoms with Crippen molar-refractivity contribution in [3.05, 3.63) is 12.7 Å². The Morgan fingerprint density at radius 1 is 1.46 bits per heavy atom. The predicted molar refractivity (Wildman–Crippen MR) is 55.2 cm³/mol. The van der Waals surface area contributed by atoms with Crippen LogP contribution in [-0.4, -0.2) is 11.2 Å². The van der Waals surface area contributed by atoms with Gasteiger partial charge in [0.1, 0.15) is 6.10 Å². The molecule has 1 aliphatic carbocycles. The summed E-state index contributed by atoms with van der Waals surface area (Å²) in [7, 11) is 0. The minimum Gasteiger partial charge on any atom is -0.380 e. The third-order valence-electron chi connectivity index (χ3n) is 2.52. The van der Waals surface area contributed by atoms with E-state index < -0.39 is 6.10 Å². The first kappa shape index (κ1) is 10.3. The van der Waals surface area contributed by atoms with Gasteiger partial charge in [-0.2, -0.15) is 0 Å². The molecule has 0 aromatic carbocycles. The number of rotatable bonds is 3. The van der Waals surface area contributed by atoms with Gasteiger partial charge in [-0.15, -0.1) is 12.5 Å². The maximum Gasteiger partial charge on any atom is 0.118 e. The van der Waals surface area contributed by atoms with Crippen molar-refractivity contribution in [2.45, 2.75) is 44.6 Å². The molecule has 1 nitrogen and oxygen atoms in total. The standard InChI is InChI=1S/C12H18O/c1-2-6-12(13)10-5-9-11-7-3-4-8-11/h2,11-13H,1,3-4,6-9H2/t12-/m1/s1. The van der Waals surface area contributed by atoms with Crippen LogP contribution in [0.5, 0.6) is 0 Å². The van der Waals surface area contributed by atoms with E-state index in [0.29, 0.717) is 6.42 Å². The Kier molecular flexibility index (Phi) is 4.64. The molecular formula is C12H18O. The largest absolute Gasteiger partial charge is 0.380 e. The summed E-state index contributed by atoms with van der Waals surface area (Å²) < 4.78 is 0. The van der Waals surface area contributed by atoms with Gasteiger partial charge in [-0.05, 0) is 18.8 Å². The Morgan fingerprint density at radius 2 is 2.15 bits per heavy atom. The Labute approximate surface area is 80.9 Å². The number of aliphatic hydroxyl groups excluding tert-OH is 1. The summed E-state index contributed by atoms with van der Waals surface area (Å²) in [5, 5.41) is 9.28. The lowest BCUT2D eigenvalue weighted by Gasteiger charge is -2.01. The van der Waals surface area contributed by atoms with Crippen molar-refractivity contribution in [2.24, 2.45) is 5.92 Å². The second kappa shape index (κ2) is 5.83. The van der Waals surface area contributed by atoms with E-state index in [1.165, 1.54) is 25.7 Å². The highest BCUT2D eigenvalue weighted by molar-refractivity contribution is 5.06. The fraction of sp³-hybridized carbons (Fsp3) is 0.667. The van der Waals surface area contributed by atoms with Crippen molar-refractivity contribution in [3.8, 4) is 11.8 Å². The molecule has 1 atom stereocenters. The highest BCUT2D eigenvalue weighted by Gasteiger charge is 2.12. The zero-order valence-corrected chi connectivity index (χ0v) is 8.13. The van der Waals surface area contributed by atoms with Crippen molar-refractivity contribution < 1.29 is 5.11 Å². The fourth-order valence-electron chi connectivity index (χ4n) is 1.75. The van der Waals surface area contributed by atoms with Crippen LogP contribution in [0.15, 0.2) is 12.7 Å². The van der Waals surface area contributed by atoms with Gasteiger partial charge in [-0.3, -0.25) is 0 Å². The Bertz CT molecular complexity index is 203. The van der Waals surface area contributed by atoms with E-state index in [4.69, 9.17) is 0 Å².